The Bertz CT molecular complexity index is 278. The van der Waals surface area contributed by atoms with Gasteiger partial charge in [-0.15, -0.1) is 5.56 Å². The second-order valence-corrected chi connectivity index (χ2v) is 3.49. The van der Waals surface area contributed by atoms with Crippen LogP contribution in [0.2, 0.25) is 0 Å². The van der Waals surface area contributed by atoms with Gasteiger partial charge < -0.3 is 4.90 Å². The van der Waals surface area contributed by atoms with Crippen molar-refractivity contribution in [1.29, 1.82) is 0 Å². The molecule has 2 aromatic carbocycles. The molecule has 2 aromatic rings. The van der Waals surface area contributed by atoms with Crippen molar-refractivity contribution in [2.45, 2.75) is 6.54 Å². The van der Waals surface area contributed by atoms with Crippen LogP contribution >= 0.6 is 0 Å². The molecule has 0 saturated carbocycles. The minimum absolute atomic E-state index is 0. The number of hydrogen-bond donors (Lipinski definition) is 0. The number of rotatable bonds is 2. The molecule has 0 saturated heterocycles. The molecule has 0 aliphatic carbocycles. The van der Waals surface area contributed by atoms with E-state index in [1.807, 2.05) is 30.3 Å². The van der Waals surface area contributed by atoms with Crippen molar-refractivity contribution in [2.75, 3.05) is 14.1 Å². The number of nitrogens with zero attached hydrogens (tertiary/aromatic N) is 1. The normalized spacial score (nSPS) is 9.00. The Kier molecular flexibility index (Phi) is 8.02. The molecule has 0 heterocycles. The fraction of sp³-hybridized carbons (Fsp3) is 0.231. The zero-order valence-corrected chi connectivity index (χ0v) is 10.3. The predicted molar refractivity (Wildman–Crippen MR) is 61.5 cm³/mol. The maximum Gasteiger partial charge on any atom is 0 e. The summed E-state index contributed by atoms with van der Waals surface area (Å²) >= 11 is 0. The number of hydrogen-bond acceptors (Lipinski definition) is 1. The molecule has 0 aromatic heterocycles. The molecular weight excluding hydrogens is 226 g/mol. The zero-order valence-electron chi connectivity index (χ0n) is 9.20. The van der Waals surface area contributed by atoms with Crippen LogP contribution in [0.3, 0.4) is 0 Å². The first-order valence-electron chi connectivity index (χ1n) is 4.81. The van der Waals surface area contributed by atoms with Gasteiger partial charge in [0.05, 0.1) is 0 Å². The van der Waals surface area contributed by atoms with Gasteiger partial charge in [0.25, 0.3) is 0 Å². The van der Waals surface area contributed by atoms with E-state index in [4.69, 9.17) is 0 Å². The van der Waals surface area contributed by atoms with E-state index in [9.17, 15) is 0 Å². The van der Waals surface area contributed by atoms with E-state index < -0.39 is 0 Å². The minimum atomic E-state index is 0. The molecule has 2 heteroatoms. The Morgan fingerprint density at radius 2 is 1.53 bits per heavy atom. The van der Waals surface area contributed by atoms with Gasteiger partial charge in [-0.1, -0.05) is 0 Å². The summed E-state index contributed by atoms with van der Waals surface area (Å²) in [7, 11) is 4.15. The second-order valence-electron chi connectivity index (χ2n) is 3.49. The molecule has 0 fully saturated rings. The molecule has 0 N–H and O–H groups in total. The van der Waals surface area contributed by atoms with Crippen LogP contribution in [0, 0.1) is 0 Å². The first kappa shape index (κ1) is 14.2. The molecule has 2 rings (SSSR count). The summed E-state index contributed by atoms with van der Waals surface area (Å²) in [5.41, 5.74) is 1.39. The van der Waals surface area contributed by atoms with E-state index in [2.05, 4.69) is 43.3 Å². The van der Waals surface area contributed by atoms with E-state index >= 15 is 0 Å². The Labute approximate surface area is 103 Å². The average Bonchev–Trinajstić information content (AvgIpc) is 2.75. The molecule has 0 aliphatic rings. The van der Waals surface area contributed by atoms with Crippen molar-refractivity contribution in [3.05, 3.63) is 60.2 Å². The second kappa shape index (κ2) is 8.48. The van der Waals surface area contributed by atoms with Crippen molar-refractivity contribution < 1.29 is 17.1 Å². The topological polar surface area (TPSA) is 3.24 Å². The van der Waals surface area contributed by atoms with Crippen LogP contribution in [0.25, 0.3) is 0 Å². The Balaban J connectivity index is 0.000000280. The van der Waals surface area contributed by atoms with E-state index in [-0.39, 0.29) is 17.1 Å². The van der Waals surface area contributed by atoms with E-state index in [1.165, 1.54) is 5.56 Å². The van der Waals surface area contributed by atoms with Gasteiger partial charge in [0.15, 0.2) is 0 Å². The molecule has 0 radical (unpaired) electrons. The molecule has 0 unspecified atom stereocenters. The molecule has 0 spiro atoms. The van der Waals surface area contributed by atoms with Crippen LogP contribution in [0.15, 0.2) is 54.6 Å². The fourth-order valence-electron chi connectivity index (χ4n) is 1.21. The van der Waals surface area contributed by atoms with Crippen LogP contribution in [-0.4, -0.2) is 19.0 Å². The Morgan fingerprint density at radius 1 is 1.00 bits per heavy atom. The summed E-state index contributed by atoms with van der Waals surface area (Å²) in [4.78, 5) is 2.16. The maximum atomic E-state index is 2.16. The standard InChI is InChI=1S/C8H12N.C5H5.Fe/c1-9(2)7-8-5-3-4-6-8;1-2-4-5-3-1;/h3-6H,7H2,1-2H3;1-5H;/q2*-1;. The molecule has 0 aliphatic heterocycles. The first-order valence-corrected chi connectivity index (χ1v) is 4.81. The molecule has 15 heavy (non-hydrogen) atoms. The van der Waals surface area contributed by atoms with Gasteiger partial charge >= 0.3 is 0 Å². The third-order valence-corrected chi connectivity index (χ3v) is 1.79. The van der Waals surface area contributed by atoms with Crippen molar-refractivity contribution in [3.8, 4) is 0 Å². The summed E-state index contributed by atoms with van der Waals surface area (Å²) in [6, 6.07) is 18.4. The largest absolute Gasteiger partial charge is 0.316 e. The van der Waals surface area contributed by atoms with Crippen molar-refractivity contribution >= 4 is 0 Å². The summed E-state index contributed by atoms with van der Waals surface area (Å²) in [5, 5.41) is 0. The van der Waals surface area contributed by atoms with Crippen LogP contribution in [0.5, 0.6) is 0 Å². The van der Waals surface area contributed by atoms with Gasteiger partial charge in [-0.2, -0.15) is 30.3 Å². The van der Waals surface area contributed by atoms with E-state index in [0.29, 0.717) is 0 Å². The molecule has 0 bridgehead atoms. The van der Waals surface area contributed by atoms with Crippen molar-refractivity contribution in [2.24, 2.45) is 0 Å². The predicted octanol–water partition coefficient (Wildman–Crippen LogP) is 2.87. The smallest absolute Gasteiger partial charge is 0 e. The van der Waals surface area contributed by atoms with Gasteiger partial charge in [-0.25, -0.2) is 24.3 Å². The SMILES string of the molecule is CN(C)C[c-]1cccc1.[Fe].c1cc[cH-]c1. The Morgan fingerprint density at radius 3 is 1.87 bits per heavy atom. The third-order valence-electron chi connectivity index (χ3n) is 1.79. The molecular formula is C13H17FeN-2. The summed E-state index contributed by atoms with van der Waals surface area (Å²) in [6.07, 6.45) is 0. The van der Waals surface area contributed by atoms with E-state index in [1.54, 1.807) is 0 Å². The first-order chi connectivity index (χ1) is 6.79. The molecule has 1 nitrogen and oxygen atoms in total. The zero-order chi connectivity index (χ0) is 10.2. The van der Waals surface area contributed by atoms with Gasteiger partial charge in [0.2, 0.25) is 0 Å². The third kappa shape index (κ3) is 7.15. The van der Waals surface area contributed by atoms with Gasteiger partial charge in [-0.05, 0) is 20.6 Å². The van der Waals surface area contributed by atoms with Gasteiger partial charge in [0, 0.05) is 17.1 Å². The summed E-state index contributed by atoms with van der Waals surface area (Å²) in [6.45, 7) is 1.05. The van der Waals surface area contributed by atoms with Crippen LogP contribution < -0.4 is 0 Å². The van der Waals surface area contributed by atoms with Crippen LogP contribution in [-0.2, 0) is 23.6 Å². The molecule has 84 valence electrons. The van der Waals surface area contributed by atoms with Crippen LogP contribution in [0.4, 0.5) is 0 Å². The summed E-state index contributed by atoms with van der Waals surface area (Å²) < 4.78 is 0. The molecule has 0 amide bonds. The maximum absolute atomic E-state index is 2.16. The van der Waals surface area contributed by atoms with Gasteiger partial charge in [-0.3, -0.25) is 0 Å². The van der Waals surface area contributed by atoms with Crippen LogP contribution in [0.1, 0.15) is 5.56 Å². The average molecular weight is 243 g/mol. The Hall–Kier alpha value is -0.821. The van der Waals surface area contributed by atoms with E-state index in [0.717, 1.165) is 6.54 Å². The fourth-order valence-corrected chi connectivity index (χ4v) is 1.21. The monoisotopic (exact) mass is 243 g/mol. The summed E-state index contributed by atoms with van der Waals surface area (Å²) in [5.74, 6) is 0. The quantitative estimate of drug-likeness (QED) is 0.579. The molecule has 0 atom stereocenters. The van der Waals surface area contributed by atoms with Crippen molar-refractivity contribution in [3.63, 3.8) is 0 Å². The van der Waals surface area contributed by atoms with Crippen molar-refractivity contribution in [1.82, 2.24) is 4.90 Å². The minimum Gasteiger partial charge on any atom is -0.316 e. The van der Waals surface area contributed by atoms with Gasteiger partial charge in [0.1, 0.15) is 0 Å².